The van der Waals surface area contributed by atoms with Gasteiger partial charge in [-0.1, -0.05) is 69.0 Å². The Morgan fingerprint density at radius 1 is 0.700 bits per heavy atom. The van der Waals surface area contributed by atoms with Crippen LogP contribution in [0.4, 0.5) is 5.69 Å². The summed E-state index contributed by atoms with van der Waals surface area (Å²) in [6.45, 7) is 2.31. The highest BCUT2D eigenvalue weighted by Crippen LogP contribution is 2.37. The standard InChI is InChI=1S/C29H43N/c1-4-5-6-9-24-12-18-27(19-13-24)28-20-14-25(15-21-28)10-7-8-11-26-16-22-29(23-17-26)30(2)3/h14-17,20-24,27H,4-13,18-19H2,1-3H3. The Labute approximate surface area is 185 Å². The van der Waals surface area contributed by atoms with Gasteiger partial charge in [0.2, 0.25) is 0 Å². The Bertz CT molecular complexity index is 705. The van der Waals surface area contributed by atoms with Crippen LogP contribution >= 0.6 is 0 Å². The van der Waals surface area contributed by atoms with Gasteiger partial charge >= 0.3 is 0 Å². The lowest BCUT2D eigenvalue weighted by molar-refractivity contribution is 0.303. The van der Waals surface area contributed by atoms with Crippen LogP contribution in [0.25, 0.3) is 0 Å². The van der Waals surface area contributed by atoms with Crippen molar-refractivity contribution in [3.05, 3.63) is 65.2 Å². The number of benzene rings is 2. The van der Waals surface area contributed by atoms with E-state index in [1.165, 1.54) is 93.9 Å². The van der Waals surface area contributed by atoms with E-state index in [4.69, 9.17) is 0 Å². The molecule has 1 aliphatic rings. The fourth-order valence-corrected chi connectivity index (χ4v) is 5.04. The Balaban J connectivity index is 1.35. The van der Waals surface area contributed by atoms with Gasteiger partial charge in [0.15, 0.2) is 0 Å². The lowest BCUT2D eigenvalue weighted by atomic mass is 9.77. The zero-order chi connectivity index (χ0) is 21.2. The number of unbranched alkanes of at least 4 members (excludes halogenated alkanes) is 3. The third-order valence-electron chi connectivity index (χ3n) is 7.15. The quantitative estimate of drug-likeness (QED) is 0.341. The van der Waals surface area contributed by atoms with Gasteiger partial charge in [0.05, 0.1) is 0 Å². The molecule has 2 aromatic carbocycles. The number of aryl methyl sites for hydroxylation is 2. The molecule has 0 atom stereocenters. The normalized spacial score (nSPS) is 19.0. The molecule has 0 radical (unpaired) electrons. The molecule has 1 nitrogen and oxygen atoms in total. The highest BCUT2D eigenvalue weighted by atomic mass is 15.1. The molecule has 0 amide bonds. The number of nitrogens with zero attached hydrogens (tertiary/aromatic N) is 1. The summed E-state index contributed by atoms with van der Waals surface area (Å²) in [6.07, 6.45) is 16.3. The van der Waals surface area contributed by atoms with Crippen molar-refractivity contribution in [2.24, 2.45) is 5.92 Å². The average molecular weight is 406 g/mol. The first-order valence-electron chi connectivity index (χ1n) is 12.5. The molecular weight excluding hydrogens is 362 g/mol. The van der Waals surface area contributed by atoms with Gasteiger partial charge in [0.1, 0.15) is 0 Å². The molecule has 0 heterocycles. The lowest BCUT2D eigenvalue weighted by Gasteiger charge is -2.29. The molecule has 0 spiro atoms. The molecule has 0 N–H and O–H groups in total. The van der Waals surface area contributed by atoms with Crippen molar-refractivity contribution in [3.8, 4) is 0 Å². The van der Waals surface area contributed by atoms with Gasteiger partial charge in [-0.15, -0.1) is 0 Å². The van der Waals surface area contributed by atoms with Crippen LogP contribution in [0.3, 0.4) is 0 Å². The second-order valence-electron chi connectivity index (χ2n) is 9.72. The maximum Gasteiger partial charge on any atom is 0.0361 e. The number of rotatable bonds is 11. The highest BCUT2D eigenvalue weighted by molar-refractivity contribution is 5.46. The van der Waals surface area contributed by atoms with E-state index in [1.807, 2.05) is 0 Å². The molecule has 0 bridgehead atoms. The summed E-state index contributed by atoms with van der Waals surface area (Å²) >= 11 is 0. The van der Waals surface area contributed by atoms with Crippen LogP contribution in [0.15, 0.2) is 48.5 Å². The maximum atomic E-state index is 2.43. The topological polar surface area (TPSA) is 3.24 Å². The second kappa shape index (κ2) is 12.2. The van der Waals surface area contributed by atoms with E-state index in [1.54, 1.807) is 5.56 Å². The molecule has 0 saturated heterocycles. The van der Waals surface area contributed by atoms with Crippen LogP contribution < -0.4 is 4.90 Å². The number of hydrogen-bond acceptors (Lipinski definition) is 1. The van der Waals surface area contributed by atoms with Gasteiger partial charge in [-0.05, 0) is 92.0 Å². The smallest absolute Gasteiger partial charge is 0.0361 e. The van der Waals surface area contributed by atoms with E-state index in [-0.39, 0.29) is 0 Å². The largest absolute Gasteiger partial charge is 0.378 e. The number of hydrogen-bond donors (Lipinski definition) is 0. The van der Waals surface area contributed by atoms with Crippen molar-refractivity contribution in [1.82, 2.24) is 0 Å². The first-order valence-corrected chi connectivity index (χ1v) is 12.5. The van der Waals surface area contributed by atoms with E-state index < -0.39 is 0 Å². The van der Waals surface area contributed by atoms with Crippen LogP contribution in [0.5, 0.6) is 0 Å². The molecule has 1 fully saturated rings. The van der Waals surface area contributed by atoms with E-state index in [0.29, 0.717) is 0 Å². The van der Waals surface area contributed by atoms with Crippen molar-refractivity contribution in [3.63, 3.8) is 0 Å². The van der Waals surface area contributed by atoms with Gasteiger partial charge in [-0.3, -0.25) is 0 Å². The Kier molecular flexibility index (Phi) is 9.30. The predicted molar refractivity (Wildman–Crippen MR) is 133 cm³/mol. The minimum atomic E-state index is 0.812. The molecule has 0 unspecified atom stereocenters. The summed E-state index contributed by atoms with van der Waals surface area (Å²) in [5.41, 5.74) is 5.84. The van der Waals surface area contributed by atoms with Crippen LogP contribution in [0, 0.1) is 5.92 Å². The zero-order valence-electron chi connectivity index (χ0n) is 19.7. The second-order valence-corrected chi connectivity index (χ2v) is 9.72. The van der Waals surface area contributed by atoms with Gasteiger partial charge in [-0.25, -0.2) is 0 Å². The maximum absolute atomic E-state index is 2.43. The van der Waals surface area contributed by atoms with Crippen LogP contribution in [-0.2, 0) is 12.8 Å². The Morgan fingerprint density at radius 2 is 1.27 bits per heavy atom. The summed E-state index contributed by atoms with van der Waals surface area (Å²) in [7, 11) is 4.19. The summed E-state index contributed by atoms with van der Waals surface area (Å²) in [4.78, 5) is 2.16. The van der Waals surface area contributed by atoms with Crippen molar-refractivity contribution < 1.29 is 0 Å². The summed E-state index contributed by atoms with van der Waals surface area (Å²) in [5, 5.41) is 0. The Hall–Kier alpha value is -1.76. The monoisotopic (exact) mass is 405 g/mol. The molecular formula is C29H43N. The fourth-order valence-electron chi connectivity index (χ4n) is 5.04. The molecule has 1 aliphatic carbocycles. The van der Waals surface area contributed by atoms with Crippen LogP contribution in [-0.4, -0.2) is 14.1 Å². The van der Waals surface area contributed by atoms with Gasteiger partial charge in [0.25, 0.3) is 0 Å². The van der Waals surface area contributed by atoms with Crippen molar-refractivity contribution >= 4 is 5.69 Å². The average Bonchev–Trinajstić information content (AvgIpc) is 2.78. The molecule has 30 heavy (non-hydrogen) atoms. The van der Waals surface area contributed by atoms with Crippen LogP contribution in [0.1, 0.15) is 93.7 Å². The molecule has 2 aromatic rings. The molecule has 1 heteroatoms. The fraction of sp³-hybridized carbons (Fsp3) is 0.586. The molecule has 3 rings (SSSR count). The minimum Gasteiger partial charge on any atom is -0.378 e. The first-order chi connectivity index (χ1) is 14.7. The van der Waals surface area contributed by atoms with Crippen molar-refractivity contribution in [2.45, 2.75) is 89.9 Å². The summed E-state index contributed by atoms with van der Waals surface area (Å²) in [6, 6.07) is 18.7. The summed E-state index contributed by atoms with van der Waals surface area (Å²) in [5.74, 6) is 1.82. The summed E-state index contributed by atoms with van der Waals surface area (Å²) < 4.78 is 0. The zero-order valence-corrected chi connectivity index (χ0v) is 19.7. The third kappa shape index (κ3) is 7.18. The lowest BCUT2D eigenvalue weighted by Crippen LogP contribution is -2.13. The molecule has 164 valence electrons. The van der Waals surface area contributed by atoms with Gasteiger partial charge in [0, 0.05) is 19.8 Å². The van der Waals surface area contributed by atoms with Crippen molar-refractivity contribution in [2.75, 3.05) is 19.0 Å². The molecule has 1 saturated carbocycles. The first kappa shape index (κ1) is 22.9. The Morgan fingerprint density at radius 3 is 1.80 bits per heavy atom. The molecule has 0 aromatic heterocycles. The van der Waals surface area contributed by atoms with Gasteiger partial charge in [-0.2, -0.15) is 0 Å². The van der Waals surface area contributed by atoms with Crippen LogP contribution in [0.2, 0.25) is 0 Å². The van der Waals surface area contributed by atoms with E-state index in [2.05, 4.69) is 74.4 Å². The van der Waals surface area contributed by atoms with E-state index in [0.717, 1.165) is 11.8 Å². The highest BCUT2D eigenvalue weighted by Gasteiger charge is 2.21. The van der Waals surface area contributed by atoms with Gasteiger partial charge < -0.3 is 4.90 Å². The molecule has 0 aliphatic heterocycles. The van der Waals surface area contributed by atoms with E-state index in [9.17, 15) is 0 Å². The van der Waals surface area contributed by atoms with E-state index >= 15 is 0 Å². The van der Waals surface area contributed by atoms with Crippen molar-refractivity contribution in [1.29, 1.82) is 0 Å². The SMILES string of the molecule is CCCCCC1CCC(c2ccc(CCCCc3ccc(N(C)C)cc3)cc2)CC1. The number of anilines is 1. The predicted octanol–water partition coefficient (Wildman–Crippen LogP) is 8.17. The third-order valence-corrected chi connectivity index (χ3v) is 7.15. The minimum absolute atomic E-state index is 0.812.